The van der Waals surface area contributed by atoms with Gasteiger partial charge in [0.1, 0.15) is 11.7 Å². The van der Waals surface area contributed by atoms with Crippen molar-refractivity contribution in [1.29, 1.82) is 0 Å². The first-order chi connectivity index (χ1) is 18.2. The van der Waals surface area contributed by atoms with Crippen LogP contribution in [0.3, 0.4) is 0 Å². The number of nitrogens with zero attached hydrogens (tertiary/aromatic N) is 4. The maximum atomic E-state index is 12.1. The van der Waals surface area contributed by atoms with Crippen LogP contribution in [0.15, 0.2) is 18.3 Å². The van der Waals surface area contributed by atoms with Gasteiger partial charge in [0.05, 0.1) is 28.5 Å². The summed E-state index contributed by atoms with van der Waals surface area (Å²) in [4.78, 5) is 24.5. The number of nitrogens with two attached hydrogens (primary N) is 2. The highest BCUT2D eigenvalue weighted by Crippen LogP contribution is 2.40. The third kappa shape index (κ3) is 7.59. The van der Waals surface area contributed by atoms with Crippen LogP contribution < -0.4 is 16.8 Å². The topological polar surface area (TPSA) is 134 Å². The van der Waals surface area contributed by atoms with Crippen LogP contribution >= 0.6 is 34.8 Å². The van der Waals surface area contributed by atoms with Gasteiger partial charge in [-0.05, 0) is 50.7 Å². The highest BCUT2D eigenvalue weighted by atomic mass is 35.5. The van der Waals surface area contributed by atoms with E-state index < -0.39 is 6.17 Å². The van der Waals surface area contributed by atoms with Crippen LogP contribution in [0.4, 0.5) is 22.0 Å². The van der Waals surface area contributed by atoms with Gasteiger partial charge < -0.3 is 21.5 Å². The predicted octanol–water partition coefficient (Wildman–Crippen LogP) is 6.49. The van der Waals surface area contributed by atoms with Gasteiger partial charge in [-0.3, -0.25) is 9.36 Å². The molecule has 0 spiro atoms. The molecule has 1 aliphatic heterocycles. The van der Waals surface area contributed by atoms with E-state index in [-0.39, 0.29) is 23.8 Å². The van der Waals surface area contributed by atoms with Gasteiger partial charge in [0.2, 0.25) is 17.8 Å². The van der Waals surface area contributed by atoms with E-state index in [4.69, 9.17) is 51.0 Å². The van der Waals surface area contributed by atoms with Crippen molar-refractivity contribution < 1.29 is 13.9 Å². The van der Waals surface area contributed by atoms with E-state index in [1.807, 2.05) is 18.4 Å². The normalized spacial score (nSPS) is 21.1. The first-order valence-corrected chi connectivity index (χ1v) is 13.8. The molecule has 1 unspecified atom stereocenters. The zero-order valence-corrected chi connectivity index (χ0v) is 23.7. The Morgan fingerprint density at radius 1 is 1.11 bits per heavy atom. The summed E-state index contributed by atoms with van der Waals surface area (Å²) in [5.41, 5.74) is 13.0. The van der Waals surface area contributed by atoms with E-state index in [0.29, 0.717) is 63.7 Å². The lowest BCUT2D eigenvalue weighted by molar-refractivity contribution is -0.122. The van der Waals surface area contributed by atoms with Gasteiger partial charge in [0, 0.05) is 23.6 Å². The van der Waals surface area contributed by atoms with Crippen LogP contribution in [0.5, 0.6) is 0 Å². The Balaban J connectivity index is 0.000000381. The van der Waals surface area contributed by atoms with Crippen molar-refractivity contribution in [2.24, 2.45) is 11.7 Å². The number of aromatic nitrogens is 4. The molecule has 1 atom stereocenters. The van der Waals surface area contributed by atoms with Gasteiger partial charge in [-0.15, -0.1) is 0 Å². The van der Waals surface area contributed by atoms with Crippen molar-refractivity contribution in [3.05, 3.63) is 33.4 Å². The maximum Gasteiger partial charge on any atom is 0.222 e. The summed E-state index contributed by atoms with van der Waals surface area (Å²) in [5.74, 6) is 0.285. The molecule has 3 aromatic rings. The highest BCUT2D eigenvalue weighted by molar-refractivity contribution is 6.41. The molecule has 2 fully saturated rings. The monoisotopic (exact) mass is 587 g/mol. The number of carbonyl (C=O) groups is 1. The van der Waals surface area contributed by atoms with Crippen LogP contribution in [0.2, 0.25) is 15.1 Å². The molecule has 0 radical (unpaired) electrons. The summed E-state index contributed by atoms with van der Waals surface area (Å²) in [5, 5.41) is 4.37. The fourth-order valence-corrected chi connectivity index (χ4v) is 5.34. The summed E-state index contributed by atoms with van der Waals surface area (Å²) in [6.07, 6.45) is 5.36. The van der Waals surface area contributed by atoms with E-state index >= 15 is 0 Å². The minimum atomic E-state index is -0.686. The molecule has 9 nitrogen and oxygen atoms in total. The van der Waals surface area contributed by atoms with Gasteiger partial charge in [0.15, 0.2) is 5.65 Å². The number of hydrogen-bond donors (Lipinski definition) is 3. The molecule has 208 valence electrons. The van der Waals surface area contributed by atoms with Crippen molar-refractivity contribution in [3.63, 3.8) is 0 Å². The molecular formula is C25H33Cl3FN7O2. The van der Waals surface area contributed by atoms with E-state index in [2.05, 4.69) is 20.3 Å². The van der Waals surface area contributed by atoms with Gasteiger partial charge in [0.25, 0.3) is 0 Å². The molecular weight excluding hydrogens is 556 g/mol. The number of halogens is 4. The second-order valence-corrected chi connectivity index (χ2v) is 10.1. The average Bonchev–Trinajstić information content (AvgIpc) is 3.25. The minimum Gasteiger partial charge on any atom is -0.378 e. The van der Waals surface area contributed by atoms with Crippen LogP contribution in [0.25, 0.3) is 11.2 Å². The summed E-state index contributed by atoms with van der Waals surface area (Å²) in [6.45, 7) is 5.07. The third-order valence-corrected chi connectivity index (χ3v) is 7.08. The minimum absolute atomic E-state index is 0.0530. The predicted molar refractivity (Wildman–Crippen MR) is 151 cm³/mol. The van der Waals surface area contributed by atoms with Gasteiger partial charge in [-0.1, -0.05) is 48.7 Å². The van der Waals surface area contributed by atoms with Crippen LogP contribution in [-0.2, 0) is 9.53 Å². The Bertz CT molecular complexity index is 1210. The molecule has 38 heavy (non-hydrogen) atoms. The Kier molecular flexibility index (Phi) is 11.2. The number of alkyl halides is 1. The number of benzene rings is 1. The molecule has 0 bridgehead atoms. The van der Waals surface area contributed by atoms with Crippen molar-refractivity contribution in [1.82, 2.24) is 19.5 Å². The molecule has 5 N–H and O–H groups in total. The summed E-state index contributed by atoms with van der Waals surface area (Å²) < 4.78 is 18.8. The first-order valence-electron chi connectivity index (χ1n) is 12.7. The molecule has 3 heterocycles. The number of hydrogen-bond acceptors (Lipinski definition) is 7. The second-order valence-electron chi connectivity index (χ2n) is 8.83. The van der Waals surface area contributed by atoms with Crippen LogP contribution in [0, 0.1) is 5.92 Å². The van der Waals surface area contributed by atoms with E-state index in [1.165, 1.54) is 0 Å². The van der Waals surface area contributed by atoms with E-state index in [1.54, 1.807) is 18.3 Å². The average molecular weight is 589 g/mol. The fraction of sp³-hybridized carbons (Fsp3) is 0.520. The van der Waals surface area contributed by atoms with E-state index in [0.717, 1.165) is 25.9 Å². The summed E-state index contributed by atoms with van der Waals surface area (Å²) in [6, 6.07) is 3.25. The molecule has 1 aliphatic carbocycles. The number of nitrogens with one attached hydrogen (secondary N) is 1. The molecule has 1 saturated carbocycles. The quantitative estimate of drug-likeness (QED) is 0.317. The number of fused-ring (bicyclic) bond motifs is 1. The number of nitrogen functional groups attached to an aromatic ring is 1. The molecule has 13 heteroatoms. The largest absolute Gasteiger partial charge is 0.378 e. The summed E-state index contributed by atoms with van der Waals surface area (Å²) in [7, 11) is 0. The van der Waals surface area contributed by atoms with Crippen molar-refractivity contribution in [2.75, 3.05) is 24.3 Å². The number of carbonyl (C=O) groups excluding carboxylic acids is 1. The lowest BCUT2D eigenvalue weighted by atomic mass is 9.85. The lowest BCUT2D eigenvalue weighted by Gasteiger charge is -2.29. The zero-order valence-electron chi connectivity index (χ0n) is 21.4. The molecule has 1 amide bonds. The Hall–Kier alpha value is -2.40. The van der Waals surface area contributed by atoms with Crippen molar-refractivity contribution >= 4 is 69.5 Å². The number of primary amides is 1. The summed E-state index contributed by atoms with van der Waals surface area (Å²) >= 11 is 18.7. The van der Waals surface area contributed by atoms with Gasteiger partial charge in [-0.25, -0.2) is 14.4 Å². The molecule has 5 rings (SSSR count). The maximum absolute atomic E-state index is 12.1. The Labute approximate surface area is 236 Å². The third-order valence-electron chi connectivity index (χ3n) is 6.26. The van der Waals surface area contributed by atoms with Crippen molar-refractivity contribution in [2.45, 2.75) is 64.6 Å². The second kappa shape index (κ2) is 14.1. The van der Waals surface area contributed by atoms with E-state index in [9.17, 15) is 9.18 Å². The Morgan fingerprint density at radius 3 is 2.29 bits per heavy atom. The Morgan fingerprint density at radius 2 is 1.76 bits per heavy atom. The number of rotatable bonds is 4. The molecule has 2 aromatic heterocycles. The molecule has 1 saturated heterocycles. The standard InChI is InChI=1S/C18H18Cl3N7O.C5H9FO.C2H6/c19-9-5-11(20)14(12(21)6-9)26-18-25-13-7-24-17(23)27-16(13)28(18)10-3-1-8(2-4-10)15(22)29;6-5-2-1-3-7-4-5;1-2/h5-8,10H,1-4H2,(H2,22,29)(H,25,26)(H2,23,24,27);5H,1-4H2;1-2H3. The number of ether oxygens (including phenoxy) is 1. The first kappa shape index (κ1) is 30.1. The zero-order chi connectivity index (χ0) is 27.8. The van der Waals surface area contributed by atoms with Crippen LogP contribution in [0.1, 0.15) is 58.4 Å². The fourth-order valence-electron chi connectivity index (χ4n) is 4.43. The highest BCUT2D eigenvalue weighted by Gasteiger charge is 2.29. The molecule has 1 aromatic carbocycles. The van der Waals surface area contributed by atoms with Gasteiger partial charge in [-0.2, -0.15) is 4.98 Å². The SMILES string of the molecule is CC.FC1CCCOC1.NC(=O)C1CCC(n2c(Nc3c(Cl)cc(Cl)cc3Cl)nc3cnc(N)nc32)CC1. The number of imidazole rings is 1. The lowest BCUT2D eigenvalue weighted by Crippen LogP contribution is -2.28. The van der Waals surface area contributed by atoms with Crippen molar-refractivity contribution in [3.8, 4) is 0 Å². The van der Waals surface area contributed by atoms with Crippen LogP contribution in [-0.4, -0.2) is 44.8 Å². The number of anilines is 3. The smallest absolute Gasteiger partial charge is 0.222 e. The van der Waals surface area contributed by atoms with Gasteiger partial charge >= 0.3 is 0 Å². The molecule has 2 aliphatic rings. The number of amides is 1.